The molecule has 0 saturated carbocycles. The second-order valence-corrected chi connectivity index (χ2v) is 8.38. The minimum absolute atomic E-state index is 0.146. The highest BCUT2D eigenvalue weighted by molar-refractivity contribution is 7.98. The Balaban J connectivity index is 1.30. The van der Waals surface area contributed by atoms with Gasteiger partial charge in [0.15, 0.2) is 6.61 Å². The van der Waals surface area contributed by atoms with Crippen molar-refractivity contribution in [1.29, 1.82) is 0 Å². The lowest BCUT2D eigenvalue weighted by Gasteiger charge is -2.04. The Hall–Kier alpha value is -3.04. The molecule has 0 unspecified atom stereocenters. The first-order valence-corrected chi connectivity index (χ1v) is 10.8. The molecule has 2 heterocycles. The minimum Gasteiger partial charge on any atom is -0.452 e. The average molecular weight is 442 g/mol. The predicted molar refractivity (Wildman–Crippen MR) is 112 cm³/mol. The Labute approximate surface area is 180 Å². The van der Waals surface area contributed by atoms with Crippen LogP contribution in [0.4, 0.5) is 4.39 Å². The molecule has 9 heteroatoms. The van der Waals surface area contributed by atoms with Crippen molar-refractivity contribution < 1.29 is 18.4 Å². The third-order valence-corrected chi connectivity index (χ3v) is 5.91. The summed E-state index contributed by atoms with van der Waals surface area (Å²) in [5, 5.41) is 6.92. The smallest absolute Gasteiger partial charge is 0.338 e. The molecule has 0 atom stereocenters. The van der Waals surface area contributed by atoms with E-state index in [1.54, 1.807) is 47.4 Å². The maximum absolute atomic E-state index is 13.0. The third-order valence-electron chi connectivity index (χ3n) is 4.04. The molecule has 0 amide bonds. The largest absolute Gasteiger partial charge is 0.452 e. The summed E-state index contributed by atoms with van der Waals surface area (Å²) in [6, 6.07) is 12.9. The highest BCUT2D eigenvalue weighted by atomic mass is 32.2. The van der Waals surface area contributed by atoms with Crippen LogP contribution in [-0.4, -0.2) is 21.1 Å². The van der Waals surface area contributed by atoms with Crippen molar-refractivity contribution in [2.75, 3.05) is 0 Å². The summed E-state index contributed by atoms with van der Waals surface area (Å²) in [5.74, 6) is 0.412. The van der Waals surface area contributed by atoms with Crippen molar-refractivity contribution in [2.45, 2.75) is 24.2 Å². The average Bonchev–Trinajstić information content (AvgIpc) is 3.40. The van der Waals surface area contributed by atoms with Gasteiger partial charge < -0.3 is 9.26 Å². The van der Waals surface area contributed by atoms with Gasteiger partial charge in [-0.05, 0) is 55.5 Å². The third kappa shape index (κ3) is 5.11. The number of esters is 1. The number of aromatic nitrogens is 3. The zero-order valence-corrected chi connectivity index (χ0v) is 17.5. The molecule has 0 radical (unpaired) electrons. The van der Waals surface area contributed by atoms with Gasteiger partial charge in [0.05, 0.1) is 16.3 Å². The van der Waals surface area contributed by atoms with E-state index in [0.29, 0.717) is 17.0 Å². The number of thioether (sulfide) groups is 1. The van der Waals surface area contributed by atoms with Crippen LogP contribution in [0.25, 0.3) is 11.4 Å². The molecule has 6 nitrogen and oxygen atoms in total. The van der Waals surface area contributed by atoms with Gasteiger partial charge in [-0.2, -0.15) is 4.98 Å². The number of aryl methyl sites for hydroxylation is 1. The van der Waals surface area contributed by atoms with Gasteiger partial charge in [0.1, 0.15) is 5.82 Å². The lowest BCUT2D eigenvalue weighted by Crippen LogP contribution is -2.05. The first kappa shape index (κ1) is 20.2. The molecule has 0 fully saturated rings. The summed E-state index contributed by atoms with van der Waals surface area (Å²) in [7, 11) is 0. The molecule has 4 rings (SSSR count). The molecule has 0 N–H and O–H groups in total. The van der Waals surface area contributed by atoms with Crippen LogP contribution in [-0.2, 0) is 17.1 Å². The van der Waals surface area contributed by atoms with Crippen molar-refractivity contribution in [3.8, 4) is 11.4 Å². The fraction of sp³-hybridized carbons (Fsp3) is 0.143. The van der Waals surface area contributed by atoms with E-state index < -0.39 is 5.97 Å². The molecule has 4 aromatic rings. The van der Waals surface area contributed by atoms with Gasteiger partial charge in [0, 0.05) is 21.6 Å². The second kappa shape index (κ2) is 9.19. The Morgan fingerprint density at radius 1 is 1.13 bits per heavy atom. The zero-order valence-electron chi connectivity index (χ0n) is 15.9. The highest BCUT2D eigenvalue weighted by Crippen LogP contribution is 2.24. The van der Waals surface area contributed by atoms with Crippen LogP contribution in [0.5, 0.6) is 0 Å². The number of benzene rings is 2. The lowest BCUT2D eigenvalue weighted by molar-refractivity contribution is 0.0429. The van der Waals surface area contributed by atoms with E-state index in [1.807, 2.05) is 24.4 Å². The first-order valence-electron chi connectivity index (χ1n) is 8.96. The molecular formula is C21H16FN3O3S2. The van der Waals surface area contributed by atoms with E-state index in [2.05, 4.69) is 15.1 Å². The van der Waals surface area contributed by atoms with E-state index in [1.165, 1.54) is 12.1 Å². The van der Waals surface area contributed by atoms with Gasteiger partial charge in [-0.25, -0.2) is 14.2 Å². The second-order valence-electron chi connectivity index (χ2n) is 6.27. The standard InChI is InChI=1S/C21H16FN3O3S2/c1-13-23-17(11-29-13)12-30-18-8-4-15(5-9-18)21(26)27-10-19-24-20(25-28-19)14-2-6-16(22)7-3-14/h2-9,11H,10,12H2,1H3. The summed E-state index contributed by atoms with van der Waals surface area (Å²) in [4.78, 5) is 21.9. The van der Waals surface area contributed by atoms with Crippen molar-refractivity contribution in [2.24, 2.45) is 0 Å². The number of carbonyl (C=O) groups excluding carboxylic acids is 1. The summed E-state index contributed by atoms with van der Waals surface area (Å²) >= 11 is 3.29. The molecule has 0 bridgehead atoms. The molecule has 30 heavy (non-hydrogen) atoms. The van der Waals surface area contributed by atoms with E-state index in [4.69, 9.17) is 9.26 Å². The number of thiazole rings is 1. The van der Waals surface area contributed by atoms with Crippen molar-refractivity contribution in [3.63, 3.8) is 0 Å². The van der Waals surface area contributed by atoms with Gasteiger partial charge in [-0.15, -0.1) is 23.1 Å². The number of rotatable bonds is 7. The van der Waals surface area contributed by atoms with Gasteiger partial charge in [-0.3, -0.25) is 0 Å². The molecule has 0 spiro atoms. The van der Waals surface area contributed by atoms with E-state index in [0.717, 1.165) is 21.3 Å². The van der Waals surface area contributed by atoms with Crippen LogP contribution in [0.3, 0.4) is 0 Å². The monoisotopic (exact) mass is 441 g/mol. The summed E-state index contributed by atoms with van der Waals surface area (Å²) < 4.78 is 23.3. The first-order chi connectivity index (χ1) is 14.6. The SMILES string of the molecule is Cc1nc(CSc2ccc(C(=O)OCc3nc(-c4ccc(F)cc4)no3)cc2)cs1. The number of nitrogens with zero attached hydrogens (tertiary/aromatic N) is 3. The van der Waals surface area contributed by atoms with E-state index in [9.17, 15) is 9.18 Å². The molecular weight excluding hydrogens is 425 g/mol. The quantitative estimate of drug-likeness (QED) is 0.285. The summed E-state index contributed by atoms with van der Waals surface area (Å²) in [5.41, 5.74) is 2.09. The molecule has 0 aliphatic carbocycles. The maximum Gasteiger partial charge on any atom is 0.338 e. The summed E-state index contributed by atoms with van der Waals surface area (Å²) in [6.45, 7) is 1.84. The topological polar surface area (TPSA) is 78.1 Å². The molecule has 0 aliphatic heterocycles. The summed E-state index contributed by atoms with van der Waals surface area (Å²) in [6.07, 6.45) is 0. The van der Waals surface area contributed by atoms with E-state index >= 15 is 0 Å². The van der Waals surface area contributed by atoms with Crippen LogP contribution in [0.15, 0.2) is 63.3 Å². The number of hydrogen-bond donors (Lipinski definition) is 0. The molecule has 2 aromatic heterocycles. The maximum atomic E-state index is 13.0. The number of ether oxygens (including phenoxy) is 1. The van der Waals surface area contributed by atoms with Crippen LogP contribution in [0.2, 0.25) is 0 Å². The van der Waals surface area contributed by atoms with Crippen molar-refractivity contribution >= 4 is 29.1 Å². The van der Waals surface area contributed by atoms with Gasteiger partial charge in [0.2, 0.25) is 5.82 Å². The zero-order chi connectivity index (χ0) is 20.9. The van der Waals surface area contributed by atoms with E-state index in [-0.39, 0.29) is 18.3 Å². The van der Waals surface area contributed by atoms with Crippen LogP contribution in [0.1, 0.15) is 27.0 Å². The number of carbonyl (C=O) groups is 1. The van der Waals surface area contributed by atoms with Crippen LogP contribution < -0.4 is 0 Å². The highest BCUT2D eigenvalue weighted by Gasteiger charge is 2.13. The van der Waals surface area contributed by atoms with Crippen LogP contribution in [0, 0.1) is 12.7 Å². The molecule has 152 valence electrons. The number of hydrogen-bond acceptors (Lipinski definition) is 8. The Morgan fingerprint density at radius 2 is 1.90 bits per heavy atom. The predicted octanol–water partition coefficient (Wildman–Crippen LogP) is 5.29. The Bertz CT molecular complexity index is 1140. The lowest BCUT2D eigenvalue weighted by atomic mass is 10.2. The van der Waals surface area contributed by atoms with Gasteiger partial charge in [-0.1, -0.05) is 5.16 Å². The van der Waals surface area contributed by atoms with Crippen LogP contribution >= 0.6 is 23.1 Å². The fourth-order valence-corrected chi connectivity index (χ4v) is 4.07. The molecule has 2 aromatic carbocycles. The van der Waals surface area contributed by atoms with Gasteiger partial charge >= 0.3 is 5.97 Å². The number of halogens is 1. The van der Waals surface area contributed by atoms with Gasteiger partial charge in [0.25, 0.3) is 5.89 Å². The molecule has 0 aliphatic rings. The normalized spacial score (nSPS) is 10.9. The fourth-order valence-electron chi connectivity index (χ4n) is 2.56. The van der Waals surface area contributed by atoms with Crippen molar-refractivity contribution in [3.05, 3.63) is 81.9 Å². The van der Waals surface area contributed by atoms with Crippen molar-refractivity contribution in [1.82, 2.24) is 15.1 Å². The Morgan fingerprint density at radius 3 is 2.60 bits per heavy atom. The Kier molecular flexibility index (Phi) is 6.20. The molecule has 0 saturated heterocycles. The minimum atomic E-state index is -0.483.